The summed E-state index contributed by atoms with van der Waals surface area (Å²) in [5, 5.41) is 21.9. The number of aliphatic carboxylic acids is 1. The molecule has 8 nitrogen and oxygen atoms in total. The highest BCUT2D eigenvalue weighted by molar-refractivity contribution is 6.07. The molecule has 0 aromatic heterocycles. The number of nitrogens with zero attached hydrogens (tertiary/aromatic N) is 1. The van der Waals surface area contributed by atoms with Crippen molar-refractivity contribution in [3.8, 4) is 0 Å². The molecule has 1 atom stereocenters. The molecule has 0 saturated carbocycles. The van der Waals surface area contributed by atoms with E-state index in [-0.39, 0.29) is 18.0 Å². The maximum absolute atomic E-state index is 11.8. The van der Waals surface area contributed by atoms with E-state index in [9.17, 15) is 19.7 Å². The van der Waals surface area contributed by atoms with Gasteiger partial charge in [-0.3, -0.25) is 14.9 Å². The molecule has 0 aliphatic carbocycles. The van der Waals surface area contributed by atoms with E-state index in [1.807, 2.05) is 0 Å². The Labute approximate surface area is 114 Å². The van der Waals surface area contributed by atoms with Gasteiger partial charge in [-0.05, 0) is 12.5 Å². The van der Waals surface area contributed by atoms with Crippen LogP contribution in [0.1, 0.15) is 13.3 Å². The number of carbonyl (C=O) groups excluding carboxylic acids is 1. The predicted octanol–water partition coefficient (Wildman–Crippen LogP) is 1.41. The van der Waals surface area contributed by atoms with Crippen molar-refractivity contribution in [2.45, 2.75) is 19.4 Å². The van der Waals surface area contributed by atoms with E-state index in [1.54, 1.807) is 6.92 Å². The van der Waals surface area contributed by atoms with Gasteiger partial charge < -0.3 is 15.2 Å². The number of para-hydroxylation sites is 2. The Morgan fingerprint density at radius 3 is 2.65 bits per heavy atom. The minimum absolute atomic E-state index is 0.0751. The Balaban J connectivity index is 2.88. The molecule has 0 fully saturated rings. The van der Waals surface area contributed by atoms with Crippen LogP contribution in [0, 0.1) is 10.1 Å². The van der Waals surface area contributed by atoms with Gasteiger partial charge in [-0.2, -0.15) is 0 Å². The van der Waals surface area contributed by atoms with Gasteiger partial charge in [-0.1, -0.05) is 19.1 Å². The molecule has 1 rings (SSSR count). The number of anilines is 1. The van der Waals surface area contributed by atoms with Crippen LogP contribution in [-0.4, -0.2) is 34.6 Å². The zero-order valence-corrected chi connectivity index (χ0v) is 10.7. The molecule has 0 radical (unpaired) electrons. The lowest BCUT2D eigenvalue weighted by atomic mass is 10.2. The summed E-state index contributed by atoms with van der Waals surface area (Å²) in [5.74, 6) is -2.41. The topological polar surface area (TPSA) is 119 Å². The second-order valence-corrected chi connectivity index (χ2v) is 3.85. The number of carbonyl (C=O) groups is 2. The minimum Gasteiger partial charge on any atom is -0.479 e. The van der Waals surface area contributed by atoms with Crippen LogP contribution in [-0.2, 0) is 14.3 Å². The quantitative estimate of drug-likeness (QED) is 0.443. The molecule has 0 saturated heterocycles. The molecule has 0 spiro atoms. The summed E-state index contributed by atoms with van der Waals surface area (Å²) in [6, 6.07) is 5.45. The second kappa shape index (κ2) is 7.19. The fourth-order valence-electron chi connectivity index (χ4n) is 1.43. The van der Waals surface area contributed by atoms with Gasteiger partial charge in [0, 0.05) is 12.7 Å². The molecular formula is C12H14N2O6. The molecule has 108 valence electrons. The van der Waals surface area contributed by atoms with E-state index >= 15 is 0 Å². The Morgan fingerprint density at radius 2 is 2.10 bits per heavy atom. The molecule has 0 aliphatic rings. The van der Waals surface area contributed by atoms with Gasteiger partial charge in [-0.25, -0.2) is 4.79 Å². The van der Waals surface area contributed by atoms with Gasteiger partial charge in [0.25, 0.3) is 11.6 Å². The van der Waals surface area contributed by atoms with Crippen LogP contribution < -0.4 is 5.32 Å². The summed E-state index contributed by atoms with van der Waals surface area (Å²) < 4.78 is 4.91. The van der Waals surface area contributed by atoms with Crippen molar-refractivity contribution < 1.29 is 24.4 Å². The smallest absolute Gasteiger partial charge is 0.342 e. The third-order valence-corrected chi connectivity index (χ3v) is 2.31. The van der Waals surface area contributed by atoms with E-state index in [0.717, 1.165) is 0 Å². The van der Waals surface area contributed by atoms with Crippen LogP contribution >= 0.6 is 0 Å². The molecule has 1 aromatic carbocycles. The number of nitro benzene ring substituents is 1. The highest BCUT2D eigenvalue weighted by atomic mass is 16.6. The summed E-state index contributed by atoms with van der Waals surface area (Å²) in [6.07, 6.45) is -1.16. The first kappa shape index (κ1) is 15.6. The van der Waals surface area contributed by atoms with Gasteiger partial charge in [0.2, 0.25) is 6.10 Å². The maximum Gasteiger partial charge on any atom is 0.342 e. The monoisotopic (exact) mass is 282 g/mol. The third-order valence-electron chi connectivity index (χ3n) is 2.31. The van der Waals surface area contributed by atoms with Crippen molar-refractivity contribution in [1.29, 1.82) is 0 Å². The predicted molar refractivity (Wildman–Crippen MR) is 69.4 cm³/mol. The van der Waals surface area contributed by atoms with Crippen LogP contribution in [0.25, 0.3) is 0 Å². The lowest BCUT2D eigenvalue weighted by molar-refractivity contribution is -0.383. The fourth-order valence-corrected chi connectivity index (χ4v) is 1.43. The van der Waals surface area contributed by atoms with Crippen LogP contribution in [0.2, 0.25) is 0 Å². The zero-order valence-electron chi connectivity index (χ0n) is 10.7. The molecule has 0 aliphatic heterocycles. The highest BCUT2D eigenvalue weighted by Crippen LogP contribution is 2.23. The number of amides is 1. The van der Waals surface area contributed by atoms with Crippen molar-refractivity contribution in [3.05, 3.63) is 34.4 Å². The molecular weight excluding hydrogens is 268 g/mol. The largest absolute Gasteiger partial charge is 0.479 e. The van der Waals surface area contributed by atoms with Gasteiger partial charge in [0.05, 0.1) is 4.92 Å². The van der Waals surface area contributed by atoms with Gasteiger partial charge >= 0.3 is 5.97 Å². The van der Waals surface area contributed by atoms with Gasteiger partial charge in [0.15, 0.2) is 0 Å². The molecule has 8 heteroatoms. The lowest BCUT2D eigenvalue weighted by Crippen LogP contribution is -2.37. The first-order valence-electron chi connectivity index (χ1n) is 5.86. The molecule has 1 unspecified atom stereocenters. The van der Waals surface area contributed by atoms with Gasteiger partial charge in [-0.15, -0.1) is 0 Å². The summed E-state index contributed by atoms with van der Waals surface area (Å²) in [5.41, 5.74) is -0.394. The first-order chi connectivity index (χ1) is 9.47. The Morgan fingerprint density at radius 1 is 1.45 bits per heavy atom. The second-order valence-electron chi connectivity index (χ2n) is 3.85. The molecule has 1 amide bonds. The van der Waals surface area contributed by atoms with Crippen molar-refractivity contribution >= 4 is 23.3 Å². The summed E-state index contributed by atoms with van der Waals surface area (Å²) in [4.78, 5) is 32.8. The summed E-state index contributed by atoms with van der Waals surface area (Å²) >= 11 is 0. The fraction of sp³-hybridized carbons (Fsp3) is 0.333. The Kier molecular flexibility index (Phi) is 5.60. The highest BCUT2D eigenvalue weighted by Gasteiger charge is 2.28. The maximum atomic E-state index is 11.8. The lowest BCUT2D eigenvalue weighted by Gasteiger charge is -2.13. The number of carboxylic acid groups (broad SMARTS) is 1. The van der Waals surface area contributed by atoms with E-state index in [2.05, 4.69) is 5.32 Å². The van der Waals surface area contributed by atoms with Crippen LogP contribution in [0.15, 0.2) is 24.3 Å². The molecule has 0 bridgehead atoms. The third kappa shape index (κ3) is 4.02. The number of hydrogen-bond acceptors (Lipinski definition) is 5. The number of benzene rings is 1. The van der Waals surface area contributed by atoms with E-state index < -0.39 is 22.9 Å². The van der Waals surface area contributed by atoms with Crippen molar-refractivity contribution in [3.63, 3.8) is 0 Å². The number of hydrogen-bond donors (Lipinski definition) is 2. The molecule has 1 aromatic rings. The number of ether oxygens (including phenoxy) is 1. The van der Waals surface area contributed by atoms with Crippen molar-refractivity contribution in [2.75, 3.05) is 11.9 Å². The average molecular weight is 282 g/mol. The zero-order chi connectivity index (χ0) is 15.1. The van der Waals surface area contributed by atoms with Crippen molar-refractivity contribution in [1.82, 2.24) is 0 Å². The number of carboxylic acids is 1. The Bertz CT molecular complexity index is 516. The van der Waals surface area contributed by atoms with Crippen LogP contribution in [0.3, 0.4) is 0 Å². The summed E-state index contributed by atoms with van der Waals surface area (Å²) in [7, 11) is 0. The number of nitrogens with one attached hydrogen (secondary N) is 1. The first-order valence-corrected chi connectivity index (χ1v) is 5.86. The van der Waals surface area contributed by atoms with E-state index in [1.165, 1.54) is 24.3 Å². The van der Waals surface area contributed by atoms with Gasteiger partial charge in [0.1, 0.15) is 5.69 Å². The molecule has 2 N–H and O–H groups in total. The average Bonchev–Trinajstić information content (AvgIpc) is 2.39. The van der Waals surface area contributed by atoms with Crippen molar-refractivity contribution in [2.24, 2.45) is 0 Å². The number of rotatable bonds is 7. The normalized spacial score (nSPS) is 11.7. The SMILES string of the molecule is CCCOC(C(=O)O)C(=O)Nc1ccccc1[N+](=O)[O-]. The molecule has 20 heavy (non-hydrogen) atoms. The standard InChI is InChI=1S/C12H14N2O6/c1-2-7-20-10(12(16)17)11(15)13-8-5-3-4-6-9(8)14(18)19/h3-6,10H,2,7H2,1H3,(H,13,15)(H,16,17). The van der Waals surface area contributed by atoms with Crippen LogP contribution in [0.5, 0.6) is 0 Å². The van der Waals surface area contributed by atoms with Crippen LogP contribution in [0.4, 0.5) is 11.4 Å². The molecule has 0 heterocycles. The van der Waals surface area contributed by atoms with E-state index in [4.69, 9.17) is 9.84 Å². The van der Waals surface area contributed by atoms with E-state index in [0.29, 0.717) is 6.42 Å². The summed E-state index contributed by atoms with van der Waals surface area (Å²) in [6.45, 7) is 1.86. The Hall–Kier alpha value is -2.48. The number of nitro groups is 1. The minimum atomic E-state index is -1.70.